The van der Waals surface area contributed by atoms with E-state index in [0.717, 1.165) is 11.3 Å². The van der Waals surface area contributed by atoms with Gasteiger partial charge in [-0.15, -0.1) is 6.58 Å². The van der Waals surface area contributed by atoms with Gasteiger partial charge in [0.2, 0.25) is 0 Å². The lowest BCUT2D eigenvalue weighted by Crippen LogP contribution is -2.46. The van der Waals surface area contributed by atoms with Gasteiger partial charge in [-0.05, 0) is 42.8 Å². The molecule has 4 heteroatoms. The van der Waals surface area contributed by atoms with Crippen LogP contribution in [0.3, 0.4) is 0 Å². The molecule has 3 nitrogen and oxygen atoms in total. The summed E-state index contributed by atoms with van der Waals surface area (Å²) in [5.74, 6) is 0.854. The lowest BCUT2D eigenvalue weighted by atomic mass is 10.2. The summed E-state index contributed by atoms with van der Waals surface area (Å²) in [4.78, 5) is 0. The van der Waals surface area contributed by atoms with Gasteiger partial charge >= 0.3 is 0 Å². The molecule has 0 saturated heterocycles. The average molecular weight is 337 g/mol. The molecule has 23 heavy (non-hydrogen) atoms. The highest BCUT2D eigenvalue weighted by Crippen LogP contribution is 2.37. The molecule has 0 bridgehead atoms. The van der Waals surface area contributed by atoms with Crippen molar-refractivity contribution in [1.29, 1.82) is 0 Å². The van der Waals surface area contributed by atoms with Crippen molar-refractivity contribution < 1.29 is 13.9 Å². The Morgan fingerprint density at radius 1 is 1.17 bits per heavy atom. The van der Waals surface area contributed by atoms with Crippen molar-refractivity contribution in [2.75, 3.05) is 7.11 Å². The fourth-order valence-corrected chi connectivity index (χ4v) is 3.22. The fraction of sp³-hybridized carbons (Fsp3) is 0.579. The number of rotatable bonds is 8. The summed E-state index contributed by atoms with van der Waals surface area (Å²) in [5, 5.41) is 0.171. The molecule has 0 N–H and O–H groups in total. The number of hydrogen-bond acceptors (Lipinski definition) is 3. The molecule has 0 aromatic heterocycles. The van der Waals surface area contributed by atoms with E-state index in [1.807, 2.05) is 37.3 Å². The molecule has 0 aliphatic heterocycles. The lowest BCUT2D eigenvalue weighted by Gasteiger charge is -2.40. The third kappa shape index (κ3) is 5.79. The Balaban J connectivity index is 2.62. The van der Waals surface area contributed by atoms with E-state index < -0.39 is 8.32 Å². The summed E-state index contributed by atoms with van der Waals surface area (Å²) < 4.78 is 17.6. The van der Waals surface area contributed by atoms with Crippen molar-refractivity contribution in [3.05, 3.63) is 42.5 Å². The van der Waals surface area contributed by atoms with Crippen LogP contribution in [-0.4, -0.2) is 27.6 Å². The van der Waals surface area contributed by atoms with Crippen LogP contribution >= 0.6 is 0 Å². The highest BCUT2D eigenvalue weighted by Gasteiger charge is 2.39. The smallest absolute Gasteiger partial charge is 0.193 e. The van der Waals surface area contributed by atoms with Gasteiger partial charge in [-0.1, -0.05) is 39.0 Å². The maximum atomic E-state index is 6.41. The Hall–Kier alpha value is -1.10. The summed E-state index contributed by atoms with van der Waals surface area (Å²) in [6.07, 6.45) is 1.73. The summed E-state index contributed by atoms with van der Waals surface area (Å²) in [6, 6.07) is 7.92. The monoisotopic (exact) mass is 336 g/mol. The minimum absolute atomic E-state index is 0.0382. The average Bonchev–Trinajstić information content (AvgIpc) is 2.49. The van der Waals surface area contributed by atoms with Gasteiger partial charge in [0, 0.05) is 0 Å². The minimum atomic E-state index is -1.84. The number of methoxy groups -OCH3 is 1. The maximum absolute atomic E-state index is 6.41. The Morgan fingerprint density at radius 2 is 1.74 bits per heavy atom. The molecule has 1 aromatic rings. The quantitative estimate of drug-likeness (QED) is 0.484. The maximum Gasteiger partial charge on any atom is 0.193 e. The van der Waals surface area contributed by atoms with Gasteiger partial charge < -0.3 is 13.9 Å². The first-order valence-electron chi connectivity index (χ1n) is 8.15. The van der Waals surface area contributed by atoms with Crippen LogP contribution in [0.25, 0.3) is 0 Å². The van der Waals surface area contributed by atoms with Crippen molar-refractivity contribution in [3.8, 4) is 5.75 Å². The van der Waals surface area contributed by atoms with E-state index in [9.17, 15) is 0 Å². The molecular formula is C19H32O3Si. The highest BCUT2D eigenvalue weighted by atomic mass is 28.4. The lowest BCUT2D eigenvalue weighted by molar-refractivity contribution is -0.0103. The van der Waals surface area contributed by atoms with E-state index in [1.165, 1.54) is 0 Å². The molecule has 0 unspecified atom stereocenters. The first-order chi connectivity index (χ1) is 10.6. The second-order valence-electron chi connectivity index (χ2n) is 7.44. The first kappa shape index (κ1) is 19.9. The first-order valence-corrected chi connectivity index (χ1v) is 11.1. The summed E-state index contributed by atoms with van der Waals surface area (Å²) in [5.41, 5.74) is 1.12. The second kappa shape index (κ2) is 8.13. The van der Waals surface area contributed by atoms with Gasteiger partial charge in [0.25, 0.3) is 0 Å². The summed E-state index contributed by atoms with van der Waals surface area (Å²) in [7, 11) is -0.173. The molecule has 1 rings (SSSR count). The van der Waals surface area contributed by atoms with Gasteiger partial charge in [-0.3, -0.25) is 0 Å². The van der Waals surface area contributed by atoms with Gasteiger partial charge in [0.15, 0.2) is 8.32 Å². The molecule has 0 radical (unpaired) electrons. The topological polar surface area (TPSA) is 27.7 Å². The van der Waals surface area contributed by atoms with Crippen LogP contribution in [-0.2, 0) is 15.8 Å². The van der Waals surface area contributed by atoms with E-state index in [4.69, 9.17) is 13.9 Å². The predicted octanol–water partition coefficient (Wildman–Crippen LogP) is 5.18. The Bertz CT molecular complexity index is 488. The molecule has 0 spiro atoms. The van der Waals surface area contributed by atoms with Crippen LogP contribution in [0.2, 0.25) is 18.1 Å². The molecular weight excluding hydrogens is 304 g/mol. The van der Waals surface area contributed by atoms with Crippen LogP contribution in [0.4, 0.5) is 0 Å². The minimum Gasteiger partial charge on any atom is -0.497 e. The van der Waals surface area contributed by atoms with Crippen LogP contribution in [0, 0.1) is 0 Å². The van der Waals surface area contributed by atoms with Gasteiger partial charge in [0.05, 0.1) is 25.9 Å². The van der Waals surface area contributed by atoms with Crippen molar-refractivity contribution in [1.82, 2.24) is 0 Å². The molecule has 0 fully saturated rings. The third-order valence-corrected chi connectivity index (χ3v) is 9.08. The molecule has 2 atom stereocenters. The van der Waals surface area contributed by atoms with Gasteiger partial charge in [0.1, 0.15) is 5.75 Å². The van der Waals surface area contributed by atoms with Crippen molar-refractivity contribution in [3.63, 3.8) is 0 Å². The van der Waals surface area contributed by atoms with Gasteiger partial charge in [-0.2, -0.15) is 0 Å². The highest BCUT2D eigenvalue weighted by molar-refractivity contribution is 6.74. The zero-order chi connectivity index (χ0) is 17.7. The second-order valence-corrected chi connectivity index (χ2v) is 12.2. The van der Waals surface area contributed by atoms with Crippen molar-refractivity contribution in [2.24, 2.45) is 0 Å². The number of hydrogen-bond donors (Lipinski definition) is 0. The normalized spacial score (nSPS) is 15.1. The summed E-state index contributed by atoms with van der Waals surface area (Å²) >= 11 is 0. The van der Waals surface area contributed by atoms with E-state index in [2.05, 4.69) is 40.4 Å². The SMILES string of the molecule is C=C[C@@H](O[Si](C)(C)C(C)(C)C)[C@H](C)OCc1ccc(OC)cc1. The summed E-state index contributed by atoms with van der Waals surface area (Å²) in [6.45, 7) is 17.7. The molecule has 0 aliphatic rings. The zero-order valence-corrected chi connectivity index (χ0v) is 16.7. The predicted molar refractivity (Wildman–Crippen MR) is 99.5 cm³/mol. The largest absolute Gasteiger partial charge is 0.497 e. The van der Waals surface area contributed by atoms with E-state index in [0.29, 0.717) is 6.61 Å². The molecule has 1 aromatic carbocycles. The molecule has 0 heterocycles. The van der Waals surface area contributed by atoms with Crippen LogP contribution in [0.1, 0.15) is 33.3 Å². The van der Waals surface area contributed by atoms with Crippen LogP contribution in [0.5, 0.6) is 5.75 Å². The Morgan fingerprint density at radius 3 is 2.17 bits per heavy atom. The third-order valence-electron chi connectivity index (χ3n) is 4.60. The van der Waals surface area contributed by atoms with Gasteiger partial charge in [-0.25, -0.2) is 0 Å². The zero-order valence-electron chi connectivity index (χ0n) is 15.7. The standard InChI is InChI=1S/C19H32O3Si/c1-9-18(22-23(7,8)19(3,4)5)15(2)21-14-16-10-12-17(20-6)13-11-16/h9-13,15,18H,1,14H2,2-8H3/t15-,18+/m0/s1. The van der Waals surface area contributed by atoms with Crippen molar-refractivity contribution in [2.45, 2.75) is 64.6 Å². The number of ether oxygens (including phenoxy) is 2. The number of benzene rings is 1. The molecule has 0 aliphatic carbocycles. The molecule has 130 valence electrons. The fourth-order valence-electron chi connectivity index (χ4n) is 1.90. The van der Waals surface area contributed by atoms with E-state index in [-0.39, 0.29) is 17.2 Å². The van der Waals surface area contributed by atoms with Crippen LogP contribution in [0.15, 0.2) is 36.9 Å². The van der Waals surface area contributed by atoms with E-state index in [1.54, 1.807) is 7.11 Å². The molecule has 0 amide bonds. The Kier molecular flexibility index (Phi) is 7.05. The Labute approximate surface area is 142 Å². The molecule has 0 saturated carbocycles. The van der Waals surface area contributed by atoms with E-state index >= 15 is 0 Å². The van der Waals surface area contributed by atoms with Crippen LogP contribution < -0.4 is 4.74 Å². The van der Waals surface area contributed by atoms with Crippen molar-refractivity contribution >= 4 is 8.32 Å².